The third-order valence-corrected chi connectivity index (χ3v) is 2.72. The lowest BCUT2D eigenvalue weighted by atomic mass is 10.1. The SMILES string of the molecule is COc1c(OC)c2c(C=O)ccc(OC)c2oc1=O. The molecule has 0 bridgehead atoms. The van der Waals surface area contributed by atoms with Crippen molar-refractivity contribution in [1.82, 2.24) is 0 Å². The second kappa shape index (κ2) is 5.01. The lowest BCUT2D eigenvalue weighted by molar-refractivity contribution is 0.112. The van der Waals surface area contributed by atoms with Crippen molar-refractivity contribution in [2.24, 2.45) is 0 Å². The van der Waals surface area contributed by atoms with E-state index in [0.717, 1.165) is 0 Å². The predicted molar refractivity (Wildman–Crippen MR) is 67.5 cm³/mol. The second-order valence-corrected chi connectivity index (χ2v) is 3.64. The molecule has 0 spiro atoms. The Morgan fingerprint density at radius 3 is 2.26 bits per heavy atom. The van der Waals surface area contributed by atoms with Gasteiger partial charge >= 0.3 is 5.63 Å². The van der Waals surface area contributed by atoms with Crippen LogP contribution in [0.1, 0.15) is 10.4 Å². The van der Waals surface area contributed by atoms with Gasteiger partial charge in [-0.05, 0) is 12.1 Å². The minimum Gasteiger partial charge on any atom is -0.493 e. The van der Waals surface area contributed by atoms with E-state index < -0.39 is 5.63 Å². The van der Waals surface area contributed by atoms with E-state index in [2.05, 4.69) is 0 Å². The van der Waals surface area contributed by atoms with E-state index in [4.69, 9.17) is 18.6 Å². The average Bonchev–Trinajstić information content (AvgIpc) is 2.44. The minimum atomic E-state index is -0.701. The van der Waals surface area contributed by atoms with E-state index in [1.165, 1.54) is 21.3 Å². The third-order valence-electron chi connectivity index (χ3n) is 2.72. The van der Waals surface area contributed by atoms with Crippen molar-refractivity contribution in [3.05, 3.63) is 28.1 Å². The highest BCUT2D eigenvalue weighted by Crippen LogP contribution is 2.38. The van der Waals surface area contributed by atoms with Gasteiger partial charge in [0.15, 0.2) is 23.4 Å². The number of carbonyl (C=O) groups excluding carboxylic acids is 1. The van der Waals surface area contributed by atoms with Crippen LogP contribution in [0.2, 0.25) is 0 Å². The van der Waals surface area contributed by atoms with Gasteiger partial charge in [-0.2, -0.15) is 0 Å². The molecule has 0 aliphatic carbocycles. The number of hydrogen-bond acceptors (Lipinski definition) is 6. The van der Waals surface area contributed by atoms with E-state index in [0.29, 0.717) is 23.0 Å². The summed E-state index contributed by atoms with van der Waals surface area (Å²) < 4.78 is 20.4. The number of carbonyl (C=O) groups is 1. The van der Waals surface area contributed by atoms with Crippen LogP contribution in [-0.4, -0.2) is 27.6 Å². The van der Waals surface area contributed by atoms with Gasteiger partial charge in [-0.15, -0.1) is 0 Å². The zero-order valence-electron chi connectivity index (χ0n) is 10.7. The summed E-state index contributed by atoms with van der Waals surface area (Å²) in [5.74, 6) is 0.389. The van der Waals surface area contributed by atoms with Gasteiger partial charge in [0.1, 0.15) is 0 Å². The summed E-state index contributed by atoms with van der Waals surface area (Å²) in [6.45, 7) is 0. The topological polar surface area (TPSA) is 75.0 Å². The Kier molecular flexibility index (Phi) is 3.41. The Bertz CT molecular complexity index is 686. The van der Waals surface area contributed by atoms with Crippen LogP contribution in [0.3, 0.4) is 0 Å². The standard InChI is InChI=1S/C13H12O6/c1-16-8-5-4-7(6-14)9-10(8)19-13(15)12(18-3)11(9)17-2/h4-6H,1-3H3. The predicted octanol–water partition coefficient (Wildman–Crippen LogP) is 1.63. The largest absolute Gasteiger partial charge is 0.493 e. The van der Waals surface area contributed by atoms with Crippen molar-refractivity contribution in [2.45, 2.75) is 0 Å². The number of hydrogen-bond donors (Lipinski definition) is 0. The van der Waals surface area contributed by atoms with Crippen LogP contribution in [0, 0.1) is 0 Å². The van der Waals surface area contributed by atoms with Crippen molar-refractivity contribution < 1.29 is 23.4 Å². The smallest absolute Gasteiger partial charge is 0.383 e. The van der Waals surface area contributed by atoms with Gasteiger partial charge in [0.2, 0.25) is 5.75 Å². The maximum absolute atomic E-state index is 11.8. The molecule has 1 heterocycles. The fourth-order valence-electron chi connectivity index (χ4n) is 1.89. The molecule has 100 valence electrons. The minimum absolute atomic E-state index is 0.0913. The summed E-state index contributed by atoms with van der Waals surface area (Å²) in [5, 5.41) is 0.341. The third kappa shape index (κ3) is 1.91. The van der Waals surface area contributed by atoms with Crippen LogP contribution >= 0.6 is 0 Å². The molecule has 6 heteroatoms. The van der Waals surface area contributed by atoms with Gasteiger partial charge in [-0.25, -0.2) is 4.79 Å². The van der Waals surface area contributed by atoms with E-state index in [-0.39, 0.29) is 17.1 Å². The van der Waals surface area contributed by atoms with Crippen molar-refractivity contribution in [3.63, 3.8) is 0 Å². The van der Waals surface area contributed by atoms with Crippen molar-refractivity contribution >= 4 is 17.3 Å². The maximum atomic E-state index is 11.8. The molecule has 0 aliphatic rings. The number of fused-ring (bicyclic) bond motifs is 1. The van der Waals surface area contributed by atoms with E-state index in [1.807, 2.05) is 0 Å². The molecular formula is C13H12O6. The Morgan fingerprint density at radius 2 is 1.74 bits per heavy atom. The number of benzene rings is 1. The van der Waals surface area contributed by atoms with Gasteiger partial charge in [0, 0.05) is 5.56 Å². The average molecular weight is 264 g/mol. The molecule has 0 radical (unpaired) electrons. The first-order chi connectivity index (χ1) is 9.17. The molecule has 0 atom stereocenters. The number of ether oxygens (including phenoxy) is 3. The van der Waals surface area contributed by atoms with Gasteiger partial charge in [-0.1, -0.05) is 0 Å². The van der Waals surface area contributed by atoms with Gasteiger partial charge in [0.25, 0.3) is 0 Å². The highest BCUT2D eigenvalue weighted by Gasteiger charge is 2.21. The summed E-state index contributed by atoms with van der Waals surface area (Å²) in [7, 11) is 4.14. The lowest BCUT2D eigenvalue weighted by Gasteiger charge is -2.12. The molecule has 0 N–H and O–H groups in total. The molecule has 2 rings (SSSR count). The molecule has 0 saturated heterocycles. The molecular weight excluding hydrogens is 252 g/mol. The van der Waals surface area contributed by atoms with Crippen LogP contribution in [0.4, 0.5) is 0 Å². The van der Waals surface area contributed by atoms with Crippen molar-refractivity contribution in [3.8, 4) is 17.2 Å². The molecule has 0 amide bonds. The normalized spacial score (nSPS) is 10.3. The van der Waals surface area contributed by atoms with Crippen LogP contribution in [-0.2, 0) is 0 Å². The summed E-state index contributed by atoms with van der Waals surface area (Å²) in [6.07, 6.45) is 0.643. The second-order valence-electron chi connectivity index (χ2n) is 3.64. The van der Waals surface area contributed by atoms with Crippen LogP contribution in [0.5, 0.6) is 17.2 Å². The van der Waals surface area contributed by atoms with Gasteiger partial charge in [-0.3, -0.25) is 4.79 Å². The Labute approximate surface area is 108 Å². The lowest BCUT2D eigenvalue weighted by Crippen LogP contribution is -2.07. The first-order valence-electron chi connectivity index (χ1n) is 5.38. The molecule has 0 saturated carbocycles. The Morgan fingerprint density at radius 1 is 1.05 bits per heavy atom. The first-order valence-corrected chi connectivity index (χ1v) is 5.38. The van der Waals surface area contributed by atoms with Gasteiger partial charge in [0.05, 0.1) is 26.7 Å². The summed E-state index contributed by atoms with van der Waals surface area (Å²) in [5.41, 5.74) is -0.238. The highest BCUT2D eigenvalue weighted by atomic mass is 16.5. The molecule has 0 aliphatic heterocycles. The molecule has 0 fully saturated rings. The quantitative estimate of drug-likeness (QED) is 0.617. The summed E-state index contributed by atoms with van der Waals surface area (Å²) in [6, 6.07) is 3.09. The Hall–Kier alpha value is -2.50. The molecule has 1 aromatic heterocycles. The monoisotopic (exact) mass is 264 g/mol. The fourth-order valence-corrected chi connectivity index (χ4v) is 1.89. The summed E-state index contributed by atoms with van der Waals surface area (Å²) in [4.78, 5) is 22.9. The van der Waals surface area contributed by atoms with E-state index in [9.17, 15) is 9.59 Å². The van der Waals surface area contributed by atoms with Crippen LogP contribution in [0.25, 0.3) is 11.0 Å². The molecule has 1 aromatic carbocycles. The Balaban J connectivity index is 3.05. The number of aldehydes is 1. The molecule has 0 unspecified atom stereocenters. The van der Waals surface area contributed by atoms with Gasteiger partial charge < -0.3 is 18.6 Å². The molecule has 6 nitrogen and oxygen atoms in total. The van der Waals surface area contributed by atoms with Crippen LogP contribution < -0.4 is 19.8 Å². The first kappa shape index (κ1) is 12.9. The van der Waals surface area contributed by atoms with Crippen molar-refractivity contribution in [2.75, 3.05) is 21.3 Å². The highest BCUT2D eigenvalue weighted by molar-refractivity contribution is 6.02. The van der Waals surface area contributed by atoms with Crippen molar-refractivity contribution in [1.29, 1.82) is 0 Å². The zero-order chi connectivity index (χ0) is 14.0. The zero-order valence-corrected chi connectivity index (χ0v) is 10.7. The number of methoxy groups -OCH3 is 3. The molecule has 19 heavy (non-hydrogen) atoms. The fraction of sp³-hybridized carbons (Fsp3) is 0.231. The van der Waals surface area contributed by atoms with Crippen LogP contribution in [0.15, 0.2) is 21.3 Å². The summed E-state index contributed by atoms with van der Waals surface area (Å²) >= 11 is 0. The molecule has 2 aromatic rings. The van der Waals surface area contributed by atoms with E-state index in [1.54, 1.807) is 12.1 Å². The van der Waals surface area contributed by atoms with E-state index >= 15 is 0 Å². The number of rotatable bonds is 4. The maximum Gasteiger partial charge on any atom is 0.383 e.